The van der Waals surface area contributed by atoms with Gasteiger partial charge in [0, 0.05) is 11.1 Å². The molecule has 0 N–H and O–H groups in total. The van der Waals surface area contributed by atoms with Gasteiger partial charge in [0.1, 0.15) is 0 Å². The number of thioether (sulfide) groups is 1. The summed E-state index contributed by atoms with van der Waals surface area (Å²) in [5.74, 6) is -0.190. The third-order valence-corrected chi connectivity index (χ3v) is 6.45. The molecule has 1 aliphatic rings. The fourth-order valence-corrected chi connectivity index (χ4v) is 4.77. The molecule has 3 aromatic carbocycles. The van der Waals surface area contributed by atoms with Gasteiger partial charge in [-0.2, -0.15) is 0 Å². The van der Waals surface area contributed by atoms with E-state index in [2.05, 4.69) is 0 Å². The number of hydrogen-bond acceptors (Lipinski definition) is 9. The van der Waals surface area contributed by atoms with Crippen LogP contribution in [-0.4, -0.2) is 27.2 Å². The van der Waals surface area contributed by atoms with E-state index < -0.39 is 21.2 Å². The van der Waals surface area contributed by atoms with Crippen molar-refractivity contribution in [3.05, 3.63) is 96.4 Å². The van der Waals surface area contributed by atoms with Crippen LogP contribution in [0, 0.1) is 20.2 Å². The average Bonchev–Trinajstić information content (AvgIpc) is 3.11. The Labute approximate surface area is 218 Å². The van der Waals surface area contributed by atoms with Crippen LogP contribution in [0.2, 0.25) is 5.02 Å². The van der Waals surface area contributed by atoms with Gasteiger partial charge in [0.05, 0.1) is 33.6 Å². The van der Waals surface area contributed by atoms with Gasteiger partial charge in [-0.15, -0.1) is 0 Å². The summed E-state index contributed by atoms with van der Waals surface area (Å²) in [6, 6.07) is 14.6. The van der Waals surface area contributed by atoms with Gasteiger partial charge in [-0.05, 0) is 48.0 Å². The Hall–Kier alpha value is -4.00. The Kier molecular flexibility index (Phi) is 7.20. The predicted molar refractivity (Wildman–Crippen MR) is 140 cm³/mol. The number of methoxy groups -OCH3 is 1. The number of ether oxygens (including phenoxy) is 2. The second-order valence-electron chi connectivity index (χ2n) is 7.18. The fraction of sp³-hybridized carbons (Fsp3) is 0.0435. The molecule has 4 rings (SSSR count). The van der Waals surface area contributed by atoms with E-state index in [0.717, 1.165) is 30.0 Å². The molecule has 0 unspecified atom stereocenters. The van der Waals surface area contributed by atoms with Gasteiger partial charge in [-0.1, -0.05) is 47.7 Å². The number of nitro benzene ring substituents is 2. The molecule has 1 amide bonds. The number of thiocarbonyl (C=S) groups is 1. The van der Waals surface area contributed by atoms with Crippen LogP contribution in [0.3, 0.4) is 0 Å². The lowest BCUT2D eigenvalue weighted by molar-refractivity contribution is -0.394. The molecular formula is C23H14ClN3O7S2. The molecule has 1 saturated heterocycles. The predicted octanol–water partition coefficient (Wildman–Crippen LogP) is 6.36. The van der Waals surface area contributed by atoms with Crippen molar-refractivity contribution in [2.75, 3.05) is 12.0 Å². The van der Waals surface area contributed by atoms with Crippen LogP contribution in [0.4, 0.5) is 17.1 Å². The average molecular weight is 544 g/mol. The Morgan fingerprint density at radius 3 is 2.42 bits per heavy atom. The highest BCUT2D eigenvalue weighted by Gasteiger charge is 2.33. The zero-order valence-corrected chi connectivity index (χ0v) is 20.6. The number of carbonyl (C=O) groups is 1. The minimum absolute atomic E-state index is 0.105. The minimum atomic E-state index is -0.778. The van der Waals surface area contributed by atoms with Crippen LogP contribution in [0.1, 0.15) is 5.56 Å². The van der Waals surface area contributed by atoms with E-state index in [4.69, 9.17) is 33.3 Å². The molecular weight excluding hydrogens is 530 g/mol. The summed E-state index contributed by atoms with van der Waals surface area (Å²) >= 11 is 12.5. The number of nitro groups is 2. The van der Waals surface area contributed by atoms with Crippen LogP contribution in [0.15, 0.2) is 65.6 Å². The first kappa shape index (κ1) is 25.1. The summed E-state index contributed by atoms with van der Waals surface area (Å²) in [6.07, 6.45) is 1.60. The summed E-state index contributed by atoms with van der Waals surface area (Å²) in [7, 11) is 1.39. The van der Waals surface area contributed by atoms with Crippen molar-refractivity contribution in [3.8, 4) is 17.2 Å². The molecule has 0 saturated carbocycles. The summed E-state index contributed by atoms with van der Waals surface area (Å²) < 4.78 is 11.3. The van der Waals surface area contributed by atoms with Crippen molar-refractivity contribution in [2.24, 2.45) is 0 Å². The van der Waals surface area contributed by atoms with Gasteiger partial charge in [0.15, 0.2) is 15.8 Å². The highest BCUT2D eigenvalue weighted by molar-refractivity contribution is 8.27. The van der Waals surface area contributed by atoms with Gasteiger partial charge in [0.25, 0.3) is 11.6 Å². The van der Waals surface area contributed by atoms with Crippen molar-refractivity contribution >= 4 is 68.9 Å². The molecule has 1 aliphatic heterocycles. The Bertz CT molecular complexity index is 1460. The molecule has 10 nitrogen and oxygen atoms in total. The van der Waals surface area contributed by atoms with Crippen LogP contribution < -0.4 is 14.4 Å². The first-order valence-corrected chi connectivity index (χ1v) is 11.6. The molecule has 0 aliphatic carbocycles. The van der Waals surface area contributed by atoms with E-state index in [9.17, 15) is 25.0 Å². The number of hydrogen-bond donors (Lipinski definition) is 0. The topological polar surface area (TPSA) is 125 Å². The van der Waals surface area contributed by atoms with E-state index in [1.54, 1.807) is 42.5 Å². The van der Waals surface area contributed by atoms with Gasteiger partial charge >= 0.3 is 5.69 Å². The standard InChI is InChI=1S/C23H14ClN3O7S2/c1-33-19-7-5-13(9-20(19)34-18-8-6-16(26(29)30)12-17(18)27(31)32)10-21-22(28)25(23(35)36-21)15-4-2-3-14(24)11-15/h2-12H,1H3. The third-order valence-electron chi connectivity index (χ3n) is 4.92. The van der Waals surface area contributed by atoms with Crippen LogP contribution in [0.25, 0.3) is 6.08 Å². The maximum atomic E-state index is 13.1. The van der Waals surface area contributed by atoms with E-state index >= 15 is 0 Å². The second kappa shape index (κ2) is 10.3. The first-order chi connectivity index (χ1) is 17.2. The van der Waals surface area contributed by atoms with E-state index in [1.165, 1.54) is 18.1 Å². The second-order valence-corrected chi connectivity index (χ2v) is 9.29. The molecule has 0 bridgehead atoms. The molecule has 1 heterocycles. The zero-order valence-electron chi connectivity index (χ0n) is 18.2. The fourth-order valence-electron chi connectivity index (χ4n) is 3.29. The van der Waals surface area contributed by atoms with Gasteiger partial charge in [0.2, 0.25) is 5.75 Å². The lowest BCUT2D eigenvalue weighted by Gasteiger charge is -2.14. The van der Waals surface area contributed by atoms with E-state index in [-0.39, 0.29) is 23.2 Å². The highest BCUT2D eigenvalue weighted by atomic mass is 35.5. The van der Waals surface area contributed by atoms with Crippen LogP contribution in [-0.2, 0) is 4.79 Å². The number of nitrogens with zero attached hydrogens (tertiary/aromatic N) is 3. The molecule has 0 aromatic heterocycles. The lowest BCUT2D eigenvalue weighted by atomic mass is 10.1. The largest absolute Gasteiger partial charge is 0.493 e. The molecule has 182 valence electrons. The number of non-ortho nitro benzene ring substituents is 1. The summed E-state index contributed by atoms with van der Waals surface area (Å²) in [4.78, 5) is 35.7. The van der Waals surface area contributed by atoms with Crippen molar-refractivity contribution in [1.29, 1.82) is 0 Å². The summed E-state index contributed by atoms with van der Waals surface area (Å²) in [6.45, 7) is 0. The Morgan fingerprint density at radius 1 is 1.00 bits per heavy atom. The van der Waals surface area contributed by atoms with Crippen LogP contribution in [0.5, 0.6) is 17.2 Å². The van der Waals surface area contributed by atoms with E-state index in [0.29, 0.717) is 25.5 Å². The molecule has 0 spiro atoms. The van der Waals surface area contributed by atoms with Gasteiger partial charge < -0.3 is 9.47 Å². The third kappa shape index (κ3) is 5.15. The van der Waals surface area contributed by atoms with Gasteiger partial charge in [-0.3, -0.25) is 29.9 Å². The summed E-state index contributed by atoms with van der Waals surface area (Å²) in [5.41, 5.74) is 0.0372. The number of rotatable bonds is 7. The highest BCUT2D eigenvalue weighted by Crippen LogP contribution is 2.40. The molecule has 13 heteroatoms. The smallest absolute Gasteiger partial charge is 0.318 e. The minimum Gasteiger partial charge on any atom is -0.493 e. The van der Waals surface area contributed by atoms with E-state index in [1.807, 2.05) is 0 Å². The molecule has 36 heavy (non-hydrogen) atoms. The van der Waals surface area contributed by atoms with Crippen molar-refractivity contribution in [1.82, 2.24) is 0 Å². The molecule has 3 aromatic rings. The molecule has 0 atom stereocenters. The van der Waals surface area contributed by atoms with Crippen molar-refractivity contribution < 1.29 is 24.1 Å². The number of halogens is 1. The maximum absolute atomic E-state index is 13.1. The van der Waals surface area contributed by atoms with Gasteiger partial charge in [-0.25, -0.2) is 0 Å². The van der Waals surface area contributed by atoms with Crippen LogP contribution >= 0.6 is 35.6 Å². The Balaban J connectivity index is 1.67. The lowest BCUT2D eigenvalue weighted by Crippen LogP contribution is -2.27. The Morgan fingerprint density at radius 2 is 1.75 bits per heavy atom. The normalized spacial score (nSPS) is 14.3. The van der Waals surface area contributed by atoms with Crippen molar-refractivity contribution in [3.63, 3.8) is 0 Å². The number of benzene rings is 3. The number of carbonyl (C=O) groups excluding carboxylic acids is 1. The molecule has 1 fully saturated rings. The van der Waals surface area contributed by atoms with Crippen molar-refractivity contribution in [2.45, 2.75) is 0 Å². The number of anilines is 1. The molecule has 0 radical (unpaired) electrons. The SMILES string of the molecule is COc1ccc(C=C2SC(=S)N(c3cccc(Cl)c3)C2=O)cc1Oc1ccc([N+](=O)[O-])cc1[N+](=O)[O-]. The summed E-state index contributed by atoms with van der Waals surface area (Å²) in [5, 5.41) is 22.9. The monoisotopic (exact) mass is 543 g/mol. The number of amides is 1. The first-order valence-electron chi connectivity index (χ1n) is 10.00. The zero-order chi connectivity index (χ0) is 26.0. The maximum Gasteiger partial charge on any atom is 0.318 e. The quantitative estimate of drug-likeness (QED) is 0.145.